The van der Waals surface area contributed by atoms with Gasteiger partial charge in [-0.25, -0.2) is 0 Å². The molecule has 1 aromatic rings. The summed E-state index contributed by atoms with van der Waals surface area (Å²) in [4.78, 5) is 0. The molecule has 0 heterocycles. The van der Waals surface area contributed by atoms with Crippen LogP contribution >= 0.6 is 0 Å². The van der Waals surface area contributed by atoms with Crippen LogP contribution in [0.15, 0.2) is 24.3 Å². The van der Waals surface area contributed by atoms with Gasteiger partial charge in [0.25, 0.3) is 0 Å². The van der Waals surface area contributed by atoms with E-state index in [1.165, 1.54) is 5.56 Å². The lowest BCUT2D eigenvalue weighted by Crippen LogP contribution is -2.29. The summed E-state index contributed by atoms with van der Waals surface area (Å²) in [6.07, 6.45) is 2.68. The molecule has 1 N–H and O–H groups in total. The third kappa shape index (κ3) is 4.13. The minimum absolute atomic E-state index is 0.499. The molecule has 0 bridgehead atoms. The monoisotopic (exact) mass is 248 g/mol. The van der Waals surface area contributed by atoms with Crippen molar-refractivity contribution in [2.75, 3.05) is 0 Å². The molecule has 1 aromatic carbocycles. The van der Waals surface area contributed by atoms with Crippen LogP contribution < -0.4 is 0 Å². The lowest BCUT2D eigenvalue weighted by molar-refractivity contribution is -0.00455. The van der Waals surface area contributed by atoms with Gasteiger partial charge in [0.1, 0.15) is 0 Å². The molecule has 0 radical (unpaired) electrons. The van der Waals surface area contributed by atoms with Crippen molar-refractivity contribution in [3.63, 3.8) is 0 Å². The van der Waals surface area contributed by atoms with E-state index in [0.717, 1.165) is 24.8 Å². The first-order valence-corrected chi connectivity index (χ1v) is 7.19. The Hall–Kier alpha value is -0.820. The summed E-state index contributed by atoms with van der Waals surface area (Å²) in [5, 5.41) is 11.0. The van der Waals surface area contributed by atoms with E-state index in [0.29, 0.717) is 11.8 Å². The first-order chi connectivity index (χ1) is 8.37. The van der Waals surface area contributed by atoms with Gasteiger partial charge in [-0.05, 0) is 42.2 Å². The number of hydrogen-bond acceptors (Lipinski definition) is 1. The maximum Gasteiger partial charge on any atom is 0.0901 e. The molecule has 0 spiro atoms. The number of aliphatic hydroxyl groups is 1. The van der Waals surface area contributed by atoms with E-state index in [4.69, 9.17) is 0 Å². The molecule has 0 fully saturated rings. The van der Waals surface area contributed by atoms with Crippen molar-refractivity contribution in [1.82, 2.24) is 0 Å². The normalized spacial score (nSPS) is 12.4. The molecule has 0 amide bonds. The van der Waals surface area contributed by atoms with Crippen LogP contribution in [0.4, 0.5) is 0 Å². The minimum Gasteiger partial charge on any atom is -0.385 e. The Morgan fingerprint density at radius 3 is 2.06 bits per heavy atom. The summed E-state index contributed by atoms with van der Waals surface area (Å²) >= 11 is 0. The first kappa shape index (κ1) is 15.2. The molecule has 0 aliphatic heterocycles. The molecule has 0 aliphatic rings. The second-order valence-corrected chi connectivity index (χ2v) is 6.28. The number of aryl methyl sites for hydroxylation is 1. The van der Waals surface area contributed by atoms with Gasteiger partial charge in [0.15, 0.2) is 0 Å². The summed E-state index contributed by atoms with van der Waals surface area (Å²) in [5.74, 6) is 0.998. The third-order valence-electron chi connectivity index (χ3n) is 3.36. The lowest BCUT2D eigenvalue weighted by atomic mass is 9.79. The minimum atomic E-state index is -0.673. The Kier molecular flexibility index (Phi) is 5.40. The summed E-state index contributed by atoms with van der Waals surface area (Å²) in [6.45, 7) is 10.9. The van der Waals surface area contributed by atoms with Crippen molar-refractivity contribution in [3.8, 4) is 0 Å². The van der Waals surface area contributed by atoms with Crippen molar-refractivity contribution in [2.45, 2.75) is 59.5 Å². The zero-order chi connectivity index (χ0) is 13.8. The van der Waals surface area contributed by atoms with E-state index < -0.39 is 5.60 Å². The number of rotatable bonds is 6. The molecule has 102 valence electrons. The molecule has 0 saturated heterocycles. The molecule has 0 aromatic heterocycles. The zero-order valence-corrected chi connectivity index (χ0v) is 12.5. The van der Waals surface area contributed by atoms with Crippen LogP contribution in [0, 0.1) is 11.8 Å². The van der Waals surface area contributed by atoms with Gasteiger partial charge < -0.3 is 5.11 Å². The van der Waals surface area contributed by atoms with Crippen LogP contribution in [-0.2, 0) is 12.0 Å². The second-order valence-electron chi connectivity index (χ2n) is 6.28. The summed E-state index contributed by atoms with van der Waals surface area (Å²) in [5.41, 5.74) is 1.72. The summed E-state index contributed by atoms with van der Waals surface area (Å²) in [7, 11) is 0. The predicted octanol–water partition coefficient (Wildman–Crippen LogP) is 4.53. The molecule has 1 heteroatoms. The molecular weight excluding hydrogens is 220 g/mol. The Labute approximate surface area is 112 Å². The van der Waals surface area contributed by atoms with Crippen molar-refractivity contribution in [3.05, 3.63) is 35.4 Å². The van der Waals surface area contributed by atoms with Crippen LogP contribution in [0.2, 0.25) is 0 Å². The number of hydrogen-bond donors (Lipinski definition) is 1. The Morgan fingerprint density at radius 1 is 1.06 bits per heavy atom. The highest BCUT2D eigenvalue weighted by Gasteiger charge is 2.31. The van der Waals surface area contributed by atoms with Gasteiger partial charge in [-0.15, -0.1) is 0 Å². The molecule has 0 saturated carbocycles. The first-order valence-electron chi connectivity index (χ1n) is 7.19. The van der Waals surface area contributed by atoms with E-state index >= 15 is 0 Å². The van der Waals surface area contributed by atoms with Crippen molar-refractivity contribution >= 4 is 0 Å². The van der Waals surface area contributed by atoms with E-state index in [1.807, 2.05) is 0 Å². The Morgan fingerprint density at radius 2 is 1.61 bits per heavy atom. The largest absolute Gasteiger partial charge is 0.385 e. The molecular formula is C17H28O. The van der Waals surface area contributed by atoms with Crippen molar-refractivity contribution in [1.29, 1.82) is 0 Å². The van der Waals surface area contributed by atoms with Crippen LogP contribution in [0.3, 0.4) is 0 Å². The second kappa shape index (κ2) is 6.38. The van der Waals surface area contributed by atoms with Crippen molar-refractivity contribution in [2.24, 2.45) is 11.8 Å². The predicted molar refractivity (Wildman–Crippen MR) is 78.6 cm³/mol. The average molecular weight is 248 g/mol. The van der Waals surface area contributed by atoms with Gasteiger partial charge in [0.2, 0.25) is 0 Å². The highest BCUT2D eigenvalue weighted by atomic mass is 16.3. The highest BCUT2D eigenvalue weighted by Crippen LogP contribution is 2.35. The Balaban J connectivity index is 3.07. The third-order valence-corrected chi connectivity index (χ3v) is 3.36. The van der Waals surface area contributed by atoms with E-state index in [9.17, 15) is 5.11 Å². The summed E-state index contributed by atoms with van der Waals surface area (Å²) < 4.78 is 0. The fourth-order valence-corrected chi connectivity index (χ4v) is 2.75. The van der Waals surface area contributed by atoms with E-state index in [-0.39, 0.29) is 0 Å². The summed E-state index contributed by atoms with van der Waals surface area (Å²) in [6, 6.07) is 8.45. The van der Waals surface area contributed by atoms with E-state index in [2.05, 4.69) is 58.9 Å². The zero-order valence-electron chi connectivity index (χ0n) is 12.5. The maximum atomic E-state index is 11.0. The van der Waals surface area contributed by atoms with Gasteiger partial charge in [-0.2, -0.15) is 0 Å². The van der Waals surface area contributed by atoms with Gasteiger partial charge in [0, 0.05) is 0 Å². The smallest absolute Gasteiger partial charge is 0.0901 e. The quantitative estimate of drug-likeness (QED) is 0.784. The topological polar surface area (TPSA) is 20.2 Å². The van der Waals surface area contributed by atoms with E-state index in [1.54, 1.807) is 0 Å². The fraction of sp³-hybridized carbons (Fsp3) is 0.647. The fourth-order valence-electron chi connectivity index (χ4n) is 2.75. The van der Waals surface area contributed by atoms with Gasteiger partial charge in [-0.3, -0.25) is 0 Å². The van der Waals surface area contributed by atoms with Crippen LogP contribution in [-0.4, -0.2) is 5.11 Å². The molecule has 0 aliphatic carbocycles. The molecule has 0 atom stereocenters. The van der Waals surface area contributed by atoms with Crippen LogP contribution in [0.5, 0.6) is 0 Å². The SMILES string of the molecule is CCc1cccc(C(O)(CC(C)C)CC(C)C)c1. The Bertz CT molecular complexity index is 356. The lowest BCUT2D eigenvalue weighted by Gasteiger charge is -2.32. The highest BCUT2D eigenvalue weighted by molar-refractivity contribution is 5.28. The van der Waals surface area contributed by atoms with Gasteiger partial charge >= 0.3 is 0 Å². The standard InChI is InChI=1S/C17H28O/c1-6-15-8-7-9-16(10-15)17(18,11-13(2)3)12-14(4)5/h7-10,13-14,18H,6,11-12H2,1-5H3. The molecule has 1 rings (SSSR count). The van der Waals surface area contributed by atoms with Crippen LogP contribution in [0.1, 0.15) is 58.6 Å². The molecule has 0 unspecified atom stereocenters. The maximum absolute atomic E-state index is 11.0. The molecule has 1 nitrogen and oxygen atoms in total. The average Bonchev–Trinajstić information content (AvgIpc) is 2.27. The van der Waals surface area contributed by atoms with Gasteiger partial charge in [0.05, 0.1) is 5.60 Å². The number of benzene rings is 1. The van der Waals surface area contributed by atoms with Gasteiger partial charge in [-0.1, -0.05) is 58.9 Å². The molecule has 18 heavy (non-hydrogen) atoms. The van der Waals surface area contributed by atoms with Crippen molar-refractivity contribution < 1.29 is 5.11 Å². The van der Waals surface area contributed by atoms with Crippen LogP contribution in [0.25, 0.3) is 0 Å².